The fraction of sp³-hybridized carbons (Fsp3) is 0.200. The van der Waals surface area contributed by atoms with Gasteiger partial charge in [0.1, 0.15) is 0 Å². The maximum atomic E-state index is 12.1. The van der Waals surface area contributed by atoms with E-state index in [2.05, 4.69) is 20.7 Å². The minimum absolute atomic E-state index is 0.166. The zero-order chi connectivity index (χ0) is 15.3. The van der Waals surface area contributed by atoms with Gasteiger partial charge in [-0.2, -0.15) is 0 Å². The van der Waals surface area contributed by atoms with Crippen LogP contribution in [-0.4, -0.2) is 20.1 Å². The van der Waals surface area contributed by atoms with E-state index >= 15 is 0 Å². The highest BCUT2D eigenvalue weighted by Gasteiger charge is 2.17. The van der Waals surface area contributed by atoms with E-state index in [-0.39, 0.29) is 11.4 Å². The van der Waals surface area contributed by atoms with E-state index in [1.807, 2.05) is 30.3 Å². The van der Waals surface area contributed by atoms with E-state index in [4.69, 9.17) is 0 Å². The first-order chi connectivity index (χ1) is 10.0. The van der Waals surface area contributed by atoms with Gasteiger partial charge < -0.3 is 5.11 Å². The Morgan fingerprint density at radius 2 is 1.67 bits per heavy atom. The molecule has 1 atom stereocenters. The molecule has 0 aliphatic heterocycles. The average molecular weight is 370 g/mol. The minimum atomic E-state index is -3.58. The maximum absolute atomic E-state index is 12.1. The minimum Gasteiger partial charge on any atom is -0.388 e. The molecule has 0 bridgehead atoms. The van der Waals surface area contributed by atoms with Gasteiger partial charge in [0.25, 0.3) is 0 Å². The standard InChI is InChI=1S/C15H16BrNO3S/c16-13-8-4-5-9-15(13)21(19,20)17-11-10-14(18)12-6-2-1-3-7-12/h1-9,14,17-18H,10-11H2/t14-/m1/s1. The van der Waals surface area contributed by atoms with Crippen molar-refractivity contribution < 1.29 is 13.5 Å². The Bertz CT molecular complexity index is 689. The lowest BCUT2D eigenvalue weighted by Crippen LogP contribution is -2.26. The fourth-order valence-corrected chi connectivity index (χ4v) is 3.96. The van der Waals surface area contributed by atoms with Crippen molar-refractivity contribution in [2.24, 2.45) is 0 Å². The Morgan fingerprint density at radius 1 is 1.05 bits per heavy atom. The molecule has 6 heteroatoms. The van der Waals surface area contributed by atoms with Crippen LogP contribution in [0.4, 0.5) is 0 Å². The van der Waals surface area contributed by atoms with Gasteiger partial charge in [-0.3, -0.25) is 0 Å². The van der Waals surface area contributed by atoms with Crippen LogP contribution in [0.1, 0.15) is 18.1 Å². The highest BCUT2D eigenvalue weighted by Crippen LogP contribution is 2.21. The molecular formula is C15H16BrNO3S. The quantitative estimate of drug-likeness (QED) is 0.822. The summed E-state index contributed by atoms with van der Waals surface area (Å²) >= 11 is 3.22. The molecular weight excluding hydrogens is 354 g/mol. The summed E-state index contributed by atoms with van der Waals surface area (Å²) in [4.78, 5) is 0.194. The monoisotopic (exact) mass is 369 g/mol. The van der Waals surface area contributed by atoms with Crippen molar-refractivity contribution >= 4 is 26.0 Å². The van der Waals surface area contributed by atoms with Gasteiger partial charge in [0, 0.05) is 11.0 Å². The number of nitrogens with one attached hydrogen (secondary N) is 1. The molecule has 2 aromatic carbocycles. The van der Waals surface area contributed by atoms with E-state index in [0.29, 0.717) is 10.9 Å². The molecule has 21 heavy (non-hydrogen) atoms. The normalized spacial score (nSPS) is 13.0. The SMILES string of the molecule is O=S(=O)(NCC[C@@H](O)c1ccccc1)c1ccccc1Br. The van der Waals surface area contributed by atoms with Gasteiger partial charge in [0.05, 0.1) is 11.0 Å². The third-order valence-electron chi connectivity index (χ3n) is 3.02. The first-order valence-electron chi connectivity index (χ1n) is 6.48. The molecule has 2 rings (SSSR count). The molecule has 0 aliphatic carbocycles. The zero-order valence-corrected chi connectivity index (χ0v) is 13.6. The van der Waals surface area contributed by atoms with Crippen molar-refractivity contribution in [3.63, 3.8) is 0 Å². The Balaban J connectivity index is 1.96. The smallest absolute Gasteiger partial charge is 0.241 e. The van der Waals surface area contributed by atoms with Crippen molar-refractivity contribution in [2.45, 2.75) is 17.4 Å². The van der Waals surface area contributed by atoms with Crippen LogP contribution in [0.2, 0.25) is 0 Å². The summed E-state index contributed by atoms with van der Waals surface area (Å²) in [5, 5.41) is 10.00. The van der Waals surface area contributed by atoms with E-state index in [9.17, 15) is 13.5 Å². The van der Waals surface area contributed by atoms with E-state index in [1.165, 1.54) is 6.07 Å². The van der Waals surface area contributed by atoms with Crippen LogP contribution >= 0.6 is 15.9 Å². The molecule has 0 heterocycles. The van der Waals surface area contributed by atoms with Gasteiger partial charge in [-0.1, -0.05) is 42.5 Å². The highest BCUT2D eigenvalue weighted by atomic mass is 79.9. The van der Waals surface area contributed by atoms with Crippen LogP contribution < -0.4 is 4.72 Å². The number of rotatable bonds is 6. The second-order valence-corrected chi connectivity index (χ2v) is 7.13. The molecule has 2 aromatic rings. The zero-order valence-electron chi connectivity index (χ0n) is 11.2. The summed E-state index contributed by atoms with van der Waals surface area (Å²) < 4.78 is 27.3. The second-order valence-electron chi connectivity index (χ2n) is 4.54. The summed E-state index contributed by atoms with van der Waals surface area (Å²) in [6.45, 7) is 0.166. The van der Waals surface area contributed by atoms with Crippen LogP contribution in [0, 0.1) is 0 Å². The molecule has 0 aliphatic rings. The number of sulfonamides is 1. The number of benzene rings is 2. The van der Waals surface area contributed by atoms with Gasteiger partial charge in [-0.05, 0) is 40.0 Å². The van der Waals surface area contributed by atoms with Crippen molar-refractivity contribution in [1.29, 1.82) is 0 Å². The molecule has 0 saturated heterocycles. The lowest BCUT2D eigenvalue weighted by atomic mass is 10.1. The number of halogens is 1. The molecule has 0 unspecified atom stereocenters. The lowest BCUT2D eigenvalue weighted by molar-refractivity contribution is 0.169. The van der Waals surface area contributed by atoms with Crippen LogP contribution in [0.3, 0.4) is 0 Å². The highest BCUT2D eigenvalue weighted by molar-refractivity contribution is 9.10. The Hall–Kier alpha value is -1.21. The lowest BCUT2D eigenvalue weighted by Gasteiger charge is -2.12. The number of hydrogen-bond donors (Lipinski definition) is 2. The van der Waals surface area contributed by atoms with E-state index in [0.717, 1.165) is 5.56 Å². The van der Waals surface area contributed by atoms with Gasteiger partial charge >= 0.3 is 0 Å². The first-order valence-corrected chi connectivity index (χ1v) is 8.75. The first kappa shape index (κ1) is 16.2. The predicted octanol–water partition coefficient (Wildman–Crippen LogP) is 2.85. The molecule has 2 N–H and O–H groups in total. The van der Waals surface area contributed by atoms with Gasteiger partial charge in [0.15, 0.2) is 0 Å². The molecule has 112 valence electrons. The summed E-state index contributed by atoms with van der Waals surface area (Å²) in [7, 11) is -3.58. The Kier molecular flexibility index (Phi) is 5.52. The van der Waals surface area contributed by atoms with Gasteiger partial charge in [0.2, 0.25) is 10.0 Å². The maximum Gasteiger partial charge on any atom is 0.241 e. The topological polar surface area (TPSA) is 66.4 Å². The summed E-state index contributed by atoms with van der Waals surface area (Å²) in [6, 6.07) is 15.8. The molecule has 0 radical (unpaired) electrons. The Labute approximate surface area is 133 Å². The molecule has 0 saturated carbocycles. The number of aliphatic hydroxyl groups is 1. The molecule has 0 fully saturated rings. The summed E-state index contributed by atoms with van der Waals surface area (Å²) in [6.07, 6.45) is -0.374. The second kappa shape index (κ2) is 7.17. The van der Waals surface area contributed by atoms with E-state index in [1.54, 1.807) is 18.2 Å². The number of aliphatic hydroxyl groups excluding tert-OH is 1. The summed E-state index contributed by atoms with van der Waals surface area (Å²) in [5.74, 6) is 0. The summed E-state index contributed by atoms with van der Waals surface area (Å²) in [5.41, 5.74) is 0.776. The molecule has 0 aromatic heterocycles. The third-order valence-corrected chi connectivity index (χ3v) is 5.49. The van der Waals surface area contributed by atoms with Gasteiger partial charge in [-0.25, -0.2) is 13.1 Å². The molecule has 0 spiro atoms. The Morgan fingerprint density at radius 3 is 2.33 bits per heavy atom. The predicted molar refractivity (Wildman–Crippen MR) is 85.3 cm³/mol. The van der Waals surface area contributed by atoms with E-state index < -0.39 is 16.1 Å². The third kappa shape index (κ3) is 4.38. The van der Waals surface area contributed by atoms with Gasteiger partial charge in [-0.15, -0.1) is 0 Å². The molecule has 4 nitrogen and oxygen atoms in total. The number of hydrogen-bond acceptors (Lipinski definition) is 3. The van der Waals surface area contributed by atoms with Crippen molar-refractivity contribution in [3.8, 4) is 0 Å². The van der Waals surface area contributed by atoms with Crippen LogP contribution in [0.15, 0.2) is 64.0 Å². The van der Waals surface area contributed by atoms with Crippen LogP contribution in [-0.2, 0) is 10.0 Å². The van der Waals surface area contributed by atoms with Crippen molar-refractivity contribution in [2.75, 3.05) is 6.54 Å². The molecule has 0 amide bonds. The fourth-order valence-electron chi connectivity index (χ4n) is 1.91. The largest absolute Gasteiger partial charge is 0.388 e. The van der Waals surface area contributed by atoms with Crippen molar-refractivity contribution in [3.05, 3.63) is 64.6 Å². The van der Waals surface area contributed by atoms with Crippen LogP contribution in [0.25, 0.3) is 0 Å². The van der Waals surface area contributed by atoms with Crippen molar-refractivity contribution in [1.82, 2.24) is 4.72 Å². The van der Waals surface area contributed by atoms with Crippen LogP contribution in [0.5, 0.6) is 0 Å². The average Bonchev–Trinajstić information content (AvgIpc) is 2.48.